The standard InChI is InChI=1S/C14H21N5O7S/c15-11(10-4-3-6-16-8-10)9-25-17-13(20)12-5-1-2-7-19(12)14(21)18-26-27(22,23)24/h3-4,6,8,11-12H,1-2,5,7,9,15H2,(H,17,20)(H,18,21)(H,22,23,24)/t11?,12-/m0/s1. The minimum Gasteiger partial charge on any atom is -0.322 e. The maximum atomic E-state index is 12.3. The first-order chi connectivity index (χ1) is 12.8. The molecule has 1 aliphatic rings. The van der Waals surface area contributed by atoms with Gasteiger partial charge in [-0.05, 0) is 30.9 Å². The molecule has 0 bridgehead atoms. The van der Waals surface area contributed by atoms with Gasteiger partial charge in [-0.25, -0.2) is 10.3 Å². The van der Waals surface area contributed by atoms with Crippen LogP contribution < -0.4 is 16.7 Å². The number of rotatable bonds is 7. The molecule has 0 radical (unpaired) electrons. The van der Waals surface area contributed by atoms with Gasteiger partial charge >= 0.3 is 16.4 Å². The second-order valence-corrected chi connectivity index (χ2v) is 6.82. The third-order valence-corrected chi connectivity index (χ3v) is 4.14. The molecule has 1 saturated heterocycles. The molecule has 1 unspecified atom stereocenters. The van der Waals surface area contributed by atoms with Crippen molar-refractivity contribution in [2.45, 2.75) is 31.3 Å². The van der Waals surface area contributed by atoms with Gasteiger partial charge < -0.3 is 10.6 Å². The van der Waals surface area contributed by atoms with E-state index in [1.807, 2.05) is 0 Å². The van der Waals surface area contributed by atoms with Crippen LogP contribution in [0, 0.1) is 0 Å². The van der Waals surface area contributed by atoms with E-state index < -0.39 is 34.4 Å². The summed E-state index contributed by atoms with van der Waals surface area (Å²) in [4.78, 5) is 34.5. The number of nitrogens with two attached hydrogens (primary N) is 1. The number of carbonyl (C=O) groups is 2. The molecule has 1 aromatic rings. The van der Waals surface area contributed by atoms with Crippen LogP contribution in [0.1, 0.15) is 30.9 Å². The van der Waals surface area contributed by atoms with Crippen LogP contribution in [0.4, 0.5) is 4.79 Å². The number of hydrogen-bond acceptors (Lipinski definition) is 8. The molecule has 0 aromatic carbocycles. The fraction of sp³-hybridized carbons (Fsp3) is 0.500. The van der Waals surface area contributed by atoms with Crippen molar-refractivity contribution in [2.75, 3.05) is 13.2 Å². The maximum absolute atomic E-state index is 12.3. The zero-order valence-corrected chi connectivity index (χ0v) is 15.1. The van der Waals surface area contributed by atoms with Gasteiger partial charge in [0.25, 0.3) is 5.91 Å². The van der Waals surface area contributed by atoms with E-state index >= 15 is 0 Å². The summed E-state index contributed by atoms with van der Waals surface area (Å²) in [6.07, 6.45) is 4.85. The lowest BCUT2D eigenvalue weighted by atomic mass is 10.0. The van der Waals surface area contributed by atoms with E-state index in [2.05, 4.69) is 14.7 Å². The second kappa shape index (κ2) is 9.57. The molecule has 1 fully saturated rings. The Morgan fingerprint density at radius 1 is 1.41 bits per heavy atom. The Kier molecular flexibility index (Phi) is 7.44. The van der Waals surface area contributed by atoms with Crippen molar-refractivity contribution >= 4 is 22.3 Å². The maximum Gasteiger partial charge on any atom is 0.418 e. The lowest BCUT2D eigenvalue weighted by Crippen LogP contribution is -2.55. The first kappa shape index (κ1) is 21.0. The Hall–Kier alpha value is -2.32. The summed E-state index contributed by atoms with van der Waals surface area (Å²) in [6, 6.07) is 1.12. The topological polar surface area (TPSA) is 173 Å². The number of hydrogen-bond donors (Lipinski definition) is 4. The molecule has 12 nitrogen and oxygen atoms in total. The minimum atomic E-state index is -4.85. The first-order valence-electron chi connectivity index (χ1n) is 8.07. The van der Waals surface area contributed by atoms with Crippen molar-refractivity contribution < 1.29 is 31.7 Å². The first-order valence-corrected chi connectivity index (χ1v) is 9.44. The van der Waals surface area contributed by atoms with Crippen LogP contribution in [0.25, 0.3) is 0 Å². The molecule has 27 heavy (non-hydrogen) atoms. The smallest absolute Gasteiger partial charge is 0.322 e. The van der Waals surface area contributed by atoms with E-state index in [0.29, 0.717) is 19.3 Å². The van der Waals surface area contributed by atoms with Crippen LogP contribution in [0.15, 0.2) is 24.5 Å². The molecule has 5 N–H and O–H groups in total. The van der Waals surface area contributed by atoms with Gasteiger partial charge in [0.2, 0.25) is 0 Å². The van der Waals surface area contributed by atoms with Crippen LogP contribution in [-0.2, 0) is 24.3 Å². The van der Waals surface area contributed by atoms with Crippen molar-refractivity contribution in [1.82, 2.24) is 20.8 Å². The second-order valence-electron chi connectivity index (χ2n) is 5.79. The summed E-state index contributed by atoms with van der Waals surface area (Å²) >= 11 is 0. The summed E-state index contributed by atoms with van der Waals surface area (Å²) in [5.74, 6) is -0.588. The Balaban J connectivity index is 1.86. The highest BCUT2D eigenvalue weighted by Gasteiger charge is 2.33. The number of aromatic nitrogens is 1. The summed E-state index contributed by atoms with van der Waals surface area (Å²) < 4.78 is 33.4. The number of carbonyl (C=O) groups excluding carboxylic acids is 2. The lowest BCUT2D eigenvalue weighted by Gasteiger charge is -2.33. The molecule has 2 heterocycles. The number of likely N-dealkylation sites (tertiary alicyclic amines) is 1. The molecule has 2 rings (SSSR count). The van der Waals surface area contributed by atoms with Crippen LogP contribution in [0.3, 0.4) is 0 Å². The number of nitrogens with one attached hydrogen (secondary N) is 2. The van der Waals surface area contributed by atoms with Gasteiger partial charge in [-0.15, -0.1) is 4.28 Å². The van der Waals surface area contributed by atoms with Gasteiger partial charge in [-0.3, -0.25) is 19.2 Å². The van der Waals surface area contributed by atoms with E-state index in [1.54, 1.807) is 30.0 Å². The van der Waals surface area contributed by atoms with E-state index in [0.717, 1.165) is 10.5 Å². The fourth-order valence-corrected chi connectivity index (χ4v) is 2.73. The van der Waals surface area contributed by atoms with Crippen LogP contribution >= 0.6 is 0 Å². The molecule has 1 aromatic heterocycles. The van der Waals surface area contributed by atoms with Gasteiger partial charge in [0.15, 0.2) is 0 Å². The van der Waals surface area contributed by atoms with Gasteiger partial charge in [-0.2, -0.15) is 13.9 Å². The van der Waals surface area contributed by atoms with Crippen molar-refractivity contribution in [2.24, 2.45) is 5.73 Å². The third kappa shape index (κ3) is 6.73. The quantitative estimate of drug-likeness (QED) is 0.343. The number of nitrogens with zero attached hydrogens (tertiary/aromatic N) is 2. The summed E-state index contributed by atoms with van der Waals surface area (Å²) in [7, 11) is -4.85. The molecule has 13 heteroatoms. The number of hydroxylamine groups is 2. The van der Waals surface area contributed by atoms with Crippen molar-refractivity contribution in [1.29, 1.82) is 0 Å². The Bertz CT molecular complexity index is 745. The van der Waals surface area contributed by atoms with Gasteiger partial charge in [0.1, 0.15) is 6.04 Å². The predicted octanol–water partition coefficient (Wildman–Crippen LogP) is -0.572. The Labute approximate surface area is 155 Å². The lowest BCUT2D eigenvalue weighted by molar-refractivity contribution is -0.139. The van der Waals surface area contributed by atoms with Crippen molar-refractivity contribution in [3.63, 3.8) is 0 Å². The Morgan fingerprint density at radius 2 is 2.19 bits per heavy atom. The van der Waals surface area contributed by atoms with E-state index in [4.69, 9.17) is 15.1 Å². The van der Waals surface area contributed by atoms with E-state index in [-0.39, 0.29) is 13.2 Å². The fourth-order valence-electron chi connectivity index (χ4n) is 2.56. The summed E-state index contributed by atoms with van der Waals surface area (Å²) in [5.41, 5.74) is 10.5. The molecule has 0 saturated carbocycles. The number of urea groups is 1. The van der Waals surface area contributed by atoms with Crippen LogP contribution in [-0.4, -0.2) is 54.0 Å². The van der Waals surface area contributed by atoms with Gasteiger partial charge in [0, 0.05) is 18.9 Å². The zero-order chi connectivity index (χ0) is 19.9. The van der Waals surface area contributed by atoms with Crippen molar-refractivity contribution in [3.8, 4) is 0 Å². The molecule has 0 spiro atoms. The molecule has 1 aliphatic heterocycles. The zero-order valence-electron chi connectivity index (χ0n) is 14.3. The number of pyridine rings is 1. The van der Waals surface area contributed by atoms with Crippen LogP contribution in [0.5, 0.6) is 0 Å². The summed E-state index contributed by atoms with van der Waals surface area (Å²) in [6.45, 7) is 0.191. The van der Waals surface area contributed by atoms with E-state index in [1.165, 1.54) is 0 Å². The monoisotopic (exact) mass is 403 g/mol. The number of piperidine rings is 1. The highest BCUT2D eigenvalue weighted by Crippen LogP contribution is 2.17. The van der Waals surface area contributed by atoms with Crippen LogP contribution in [0.2, 0.25) is 0 Å². The number of amides is 3. The summed E-state index contributed by atoms with van der Waals surface area (Å²) in [5, 5.41) is 0. The third-order valence-electron chi connectivity index (χ3n) is 3.85. The minimum absolute atomic E-state index is 0.0117. The Morgan fingerprint density at radius 3 is 2.85 bits per heavy atom. The molecular weight excluding hydrogens is 382 g/mol. The molecular formula is C14H21N5O7S. The highest BCUT2D eigenvalue weighted by atomic mass is 32.3. The van der Waals surface area contributed by atoms with Gasteiger partial charge in [0.05, 0.1) is 12.6 Å². The van der Waals surface area contributed by atoms with Gasteiger partial charge in [-0.1, -0.05) is 6.07 Å². The molecule has 2 atom stereocenters. The van der Waals surface area contributed by atoms with Crippen molar-refractivity contribution in [3.05, 3.63) is 30.1 Å². The molecule has 3 amide bonds. The predicted molar refractivity (Wildman–Crippen MR) is 90.8 cm³/mol. The molecule has 0 aliphatic carbocycles. The average molecular weight is 403 g/mol. The van der Waals surface area contributed by atoms with E-state index in [9.17, 15) is 18.0 Å². The average Bonchev–Trinajstić information content (AvgIpc) is 2.66. The SMILES string of the molecule is NC(CONC(=O)[C@@H]1CCCCN1C(=O)NOS(=O)(=O)O)c1cccnc1. The largest absolute Gasteiger partial charge is 0.418 e. The molecule has 150 valence electrons. The highest BCUT2D eigenvalue weighted by molar-refractivity contribution is 7.80. The normalized spacial score (nSPS) is 18.6.